The van der Waals surface area contributed by atoms with Crippen molar-refractivity contribution < 1.29 is 22.0 Å². The summed E-state index contributed by atoms with van der Waals surface area (Å²) in [5.41, 5.74) is -0.0424. The van der Waals surface area contributed by atoms with Crippen LogP contribution in [0.25, 0.3) is 0 Å². The first-order valence-electron chi connectivity index (χ1n) is 8.38. The zero-order valence-corrected chi connectivity index (χ0v) is 15.2. The zero-order valence-electron chi connectivity index (χ0n) is 14.5. The van der Waals surface area contributed by atoms with Crippen LogP contribution in [0.3, 0.4) is 0 Å². The molecule has 146 valence electrons. The molecule has 0 radical (unpaired) electrons. The SMILES string of the molecule is CN(Cc1ccc(C(F)(F)F)c(F)c1)[C@H]1CNC[C@@H]1c1ccc(Cl)c(F)c1. The number of benzene rings is 2. The van der Waals surface area contributed by atoms with Crippen molar-refractivity contribution in [2.24, 2.45) is 0 Å². The van der Waals surface area contributed by atoms with Crippen LogP contribution in [0.1, 0.15) is 22.6 Å². The van der Waals surface area contributed by atoms with E-state index in [1.165, 1.54) is 18.2 Å². The van der Waals surface area contributed by atoms with Gasteiger partial charge in [-0.2, -0.15) is 13.2 Å². The van der Waals surface area contributed by atoms with Crippen LogP contribution in [0.4, 0.5) is 22.0 Å². The number of hydrogen-bond acceptors (Lipinski definition) is 2. The largest absolute Gasteiger partial charge is 0.419 e. The molecular weight excluding hydrogens is 387 g/mol. The van der Waals surface area contributed by atoms with Gasteiger partial charge < -0.3 is 5.32 Å². The molecule has 2 atom stereocenters. The summed E-state index contributed by atoms with van der Waals surface area (Å²) >= 11 is 5.74. The summed E-state index contributed by atoms with van der Waals surface area (Å²) < 4.78 is 65.6. The molecule has 27 heavy (non-hydrogen) atoms. The van der Waals surface area contributed by atoms with E-state index in [4.69, 9.17) is 11.6 Å². The summed E-state index contributed by atoms with van der Waals surface area (Å²) in [6.07, 6.45) is -4.71. The van der Waals surface area contributed by atoms with Gasteiger partial charge >= 0.3 is 6.18 Å². The Bertz CT molecular complexity index is 824. The summed E-state index contributed by atoms with van der Waals surface area (Å²) in [5, 5.41) is 3.29. The Balaban J connectivity index is 1.76. The minimum atomic E-state index is -4.71. The third-order valence-corrected chi connectivity index (χ3v) is 5.20. The third-order valence-electron chi connectivity index (χ3n) is 4.89. The summed E-state index contributed by atoms with van der Waals surface area (Å²) in [7, 11) is 1.81. The molecule has 0 bridgehead atoms. The van der Waals surface area contributed by atoms with Crippen LogP contribution in [0.5, 0.6) is 0 Å². The molecule has 2 aromatic rings. The van der Waals surface area contributed by atoms with Gasteiger partial charge in [-0.05, 0) is 42.4 Å². The molecule has 0 amide bonds. The van der Waals surface area contributed by atoms with Crippen molar-refractivity contribution in [3.8, 4) is 0 Å². The summed E-state index contributed by atoms with van der Waals surface area (Å²) in [6.45, 7) is 1.54. The van der Waals surface area contributed by atoms with Gasteiger partial charge in [0.25, 0.3) is 0 Å². The highest BCUT2D eigenvalue weighted by atomic mass is 35.5. The molecule has 0 saturated carbocycles. The van der Waals surface area contributed by atoms with Crippen molar-refractivity contribution in [1.29, 1.82) is 0 Å². The van der Waals surface area contributed by atoms with Crippen molar-refractivity contribution in [3.05, 3.63) is 69.7 Å². The van der Waals surface area contributed by atoms with Crippen LogP contribution < -0.4 is 5.32 Å². The van der Waals surface area contributed by atoms with E-state index in [1.807, 2.05) is 11.9 Å². The Morgan fingerprint density at radius 2 is 1.81 bits per heavy atom. The normalized spacial score (nSPS) is 20.4. The second-order valence-electron chi connectivity index (χ2n) is 6.73. The second kappa shape index (κ2) is 7.73. The van der Waals surface area contributed by atoms with Crippen LogP contribution >= 0.6 is 11.6 Å². The molecule has 1 aliphatic rings. The van der Waals surface area contributed by atoms with Crippen molar-refractivity contribution in [2.45, 2.75) is 24.7 Å². The predicted octanol–water partition coefficient (Wildman–Crippen LogP) is 4.82. The van der Waals surface area contributed by atoms with Gasteiger partial charge in [0.15, 0.2) is 0 Å². The Morgan fingerprint density at radius 3 is 2.44 bits per heavy atom. The van der Waals surface area contributed by atoms with Gasteiger partial charge in [0.2, 0.25) is 0 Å². The Labute approximate surface area is 158 Å². The van der Waals surface area contributed by atoms with Gasteiger partial charge in [-0.3, -0.25) is 4.90 Å². The lowest BCUT2D eigenvalue weighted by atomic mass is 9.93. The minimum Gasteiger partial charge on any atom is -0.314 e. The van der Waals surface area contributed by atoms with Gasteiger partial charge in [-0.15, -0.1) is 0 Å². The van der Waals surface area contributed by atoms with Crippen LogP contribution in [0.2, 0.25) is 5.02 Å². The maximum Gasteiger partial charge on any atom is 0.419 e. The molecule has 1 heterocycles. The first kappa shape index (κ1) is 20.0. The van der Waals surface area contributed by atoms with E-state index in [0.717, 1.165) is 17.7 Å². The average Bonchev–Trinajstić information content (AvgIpc) is 3.06. The van der Waals surface area contributed by atoms with Gasteiger partial charge in [-0.25, -0.2) is 8.78 Å². The zero-order chi connectivity index (χ0) is 19.8. The van der Waals surface area contributed by atoms with Gasteiger partial charge in [0.05, 0.1) is 10.6 Å². The molecular formula is C19H18ClF5N2. The Kier molecular flexibility index (Phi) is 5.74. The molecule has 0 spiro atoms. The molecule has 2 aromatic carbocycles. The fourth-order valence-electron chi connectivity index (χ4n) is 3.50. The van der Waals surface area contributed by atoms with E-state index in [2.05, 4.69) is 5.32 Å². The molecule has 1 aliphatic heterocycles. The van der Waals surface area contributed by atoms with Gasteiger partial charge in [0, 0.05) is 31.6 Å². The average molecular weight is 405 g/mol. The molecule has 8 heteroatoms. The molecule has 3 rings (SSSR count). The topological polar surface area (TPSA) is 15.3 Å². The van der Waals surface area contributed by atoms with Gasteiger partial charge in [0.1, 0.15) is 11.6 Å². The molecule has 0 aromatic heterocycles. The monoisotopic (exact) mass is 404 g/mol. The highest BCUT2D eigenvalue weighted by Crippen LogP contribution is 2.33. The number of nitrogens with zero attached hydrogens (tertiary/aromatic N) is 1. The minimum absolute atomic E-state index is 0.0129. The first-order chi connectivity index (χ1) is 12.7. The van der Waals surface area contributed by atoms with Crippen LogP contribution in [0, 0.1) is 11.6 Å². The van der Waals surface area contributed by atoms with E-state index < -0.39 is 23.4 Å². The number of nitrogens with one attached hydrogen (secondary N) is 1. The molecule has 1 N–H and O–H groups in total. The predicted molar refractivity (Wildman–Crippen MR) is 93.7 cm³/mol. The highest BCUT2D eigenvalue weighted by molar-refractivity contribution is 6.30. The fraction of sp³-hybridized carbons (Fsp3) is 0.368. The van der Waals surface area contributed by atoms with E-state index >= 15 is 0 Å². The van der Waals surface area contributed by atoms with E-state index in [0.29, 0.717) is 18.7 Å². The highest BCUT2D eigenvalue weighted by Gasteiger charge is 2.35. The number of halogens is 6. The smallest absolute Gasteiger partial charge is 0.314 e. The molecule has 1 fully saturated rings. The van der Waals surface area contributed by atoms with Crippen molar-refractivity contribution in [1.82, 2.24) is 10.2 Å². The number of hydrogen-bond donors (Lipinski definition) is 1. The molecule has 0 unspecified atom stereocenters. The number of likely N-dealkylation sites (N-methyl/N-ethyl adjacent to an activating group) is 1. The van der Waals surface area contributed by atoms with Crippen molar-refractivity contribution >= 4 is 11.6 Å². The summed E-state index contributed by atoms with van der Waals surface area (Å²) in [6, 6.07) is 7.61. The van der Waals surface area contributed by atoms with Crippen molar-refractivity contribution in [2.75, 3.05) is 20.1 Å². The lowest BCUT2D eigenvalue weighted by Gasteiger charge is -2.29. The van der Waals surface area contributed by atoms with Gasteiger partial charge in [-0.1, -0.05) is 23.7 Å². The lowest BCUT2D eigenvalue weighted by molar-refractivity contribution is -0.140. The number of alkyl halides is 3. The van der Waals surface area contributed by atoms with E-state index in [1.54, 1.807) is 6.07 Å². The summed E-state index contributed by atoms with van der Waals surface area (Å²) in [4.78, 5) is 1.93. The third kappa shape index (κ3) is 4.42. The maximum atomic E-state index is 13.8. The standard InChI is InChI=1S/C19H18ClF5N2/c1-27(10-11-2-4-14(16(21)6-11)19(23,24)25)18-9-26-8-13(18)12-3-5-15(20)17(22)7-12/h2-7,13,18,26H,8-10H2,1H3/t13-,18+/m1/s1. The van der Waals surface area contributed by atoms with E-state index in [-0.39, 0.29) is 23.5 Å². The fourth-order valence-corrected chi connectivity index (χ4v) is 3.62. The van der Waals surface area contributed by atoms with Crippen molar-refractivity contribution in [3.63, 3.8) is 0 Å². The summed E-state index contributed by atoms with van der Waals surface area (Å²) in [5.74, 6) is -1.79. The van der Waals surface area contributed by atoms with E-state index in [9.17, 15) is 22.0 Å². The lowest BCUT2D eigenvalue weighted by Crippen LogP contribution is -2.36. The Hall–Kier alpha value is -1.70. The number of rotatable bonds is 4. The van der Waals surface area contributed by atoms with Crippen LogP contribution in [-0.2, 0) is 12.7 Å². The maximum absolute atomic E-state index is 13.8. The molecule has 1 saturated heterocycles. The molecule has 2 nitrogen and oxygen atoms in total. The van der Waals surface area contributed by atoms with Crippen LogP contribution in [0.15, 0.2) is 36.4 Å². The van der Waals surface area contributed by atoms with Crippen LogP contribution in [-0.4, -0.2) is 31.1 Å². The Morgan fingerprint density at radius 1 is 1.07 bits per heavy atom. The quantitative estimate of drug-likeness (QED) is 0.735. The first-order valence-corrected chi connectivity index (χ1v) is 8.76. The molecule has 0 aliphatic carbocycles. The second-order valence-corrected chi connectivity index (χ2v) is 7.14.